The molecule has 0 bridgehead atoms. The first-order valence-electron chi connectivity index (χ1n) is 8.04. The van der Waals surface area contributed by atoms with Crippen molar-refractivity contribution in [2.75, 3.05) is 7.11 Å². The lowest BCUT2D eigenvalue weighted by molar-refractivity contribution is 0.400. The Labute approximate surface area is 154 Å². The van der Waals surface area contributed by atoms with Crippen LogP contribution in [0.25, 0.3) is 5.65 Å². The quantitative estimate of drug-likeness (QED) is 0.472. The van der Waals surface area contributed by atoms with Crippen molar-refractivity contribution in [3.8, 4) is 17.4 Å². The minimum Gasteiger partial charge on any atom is -0.497 e. The van der Waals surface area contributed by atoms with E-state index in [9.17, 15) is 0 Å². The summed E-state index contributed by atoms with van der Waals surface area (Å²) in [5, 5.41) is 4.89. The van der Waals surface area contributed by atoms with E-state index in [1.54, 1.807) is 18.0 Å². The van der Waals surface area contributed by atoms with E-state index in [-0.39, 0.29) is 5.92 Å². The minimum absolute atomic E-state index is 0.0997. The molecule has 7 heteroatoms. The maximum atomic E-state index is 6.09. The number of nitrogens with zero attached hydrogens (tertiary/aromatic N) is 4. The van der Waals surface area contributed by atoms with E-state index >= 15 is 0 Å². The second kappa shape index (κ2) is 5.71. The van der Waals surface area contributed by atoms with Gasteiger partial charge < -0.3 is 9.47 Å². The Morgan fingerprint density at radius 1 is 1.12 bits per heavy atom. The average Bonchev–Trinajstić information content (AvgIpc) is 3.15. The van der Waals surface area contributed by atoms with Crippen molar-refractivity contribution in [1.29, 1.82) is 0 Å². The third-order valence-electron chi connectivity index (χ3n) is 4.56. The Morgan fingerprint density at radius 2 is 1.96 bits per heavy atom. The monoisotopic (exact) mass is 364 g/mol. The van der Waals surface area contributed by atoms with E-state index in [0.717, 1.165) is 28.1 Å². The summed E-state index contributed by atoms with van der Waals surface area (Å²) in [6, 6.07) is 13.6. The molecule has 0 fully saturated rings. The summed E-state index contributed by atoms with van der Waals surface area (Å²) in [4.78, 5) is 8.85. The number of fused-ring (bicyclic) bond motifs is 4. The summed E-state index contributed by atoms with van der Waals surface area (Å²) in [6.45, 7) is 0. The van der Waals surface area contributed by atoms with Crippen LogP contribution in [0, 0.1) is 0 Å². The number of methoxy groups -OCH3 is 1. The maximum Gasteiger partial charge on any atom is 0.228 e. The van der Waals surface area contributed by atoms with Gasteiger partial charge in [0.1, 0.15) is 24.2 Å². The topological polar surface area (TPSA) is 61.5 Å². The fourth-order valence-corrected chi connectivity index (χ4v) is 3.49. The molecule has 0 amide bonds. The summed E-state index contributed by atoms with van der Waals surface area (Å²) in [5.41, 5.74) is 3.68. The van der Waals surface area contributed by atoms with Crippen LogP contribution < -0.4 is 9.47 Å². The highest BCUT2D eigenvalue weighted by Crippen LogP contribution is 2.48. The van der Waals surface area contributed by atoms with E-state index in [1.807, 2.05) is 42.5 Å². The third kappa shape index (κ3) is 2.23. The molecular formula is C19H13ClN4O2. The predicted molar refractivity (Wildman–Crippen MR) is 96.2 cm³/mol. The van der Waals surface area contributed by atoms with Gasteiger partial charge in [-0.3, -0.25) is 0 Å². The van der Waals surface area contributed by atoms with Crippen LogP contribution in [0.4, 0.5) is 0 Å². The van der Waals surface area contributed by atoms with Gasteiger partial charge in [0, 0.05) is 22.6 Å². The molecule has 0 saturated heterocycles. The number of halogens is 1. The summed E-state index contributed by atoms with van der Waals surface area (Å²) >= 11 is 6.09. The molecule has 1 aliphatic rings. The van der Waals surface area contributed by atoms with Crippen molar-refractivity contribution in [3.63, 3.8) is 0 Å². The van der Waals surface area contributed by atoms with Crippen LogP contribution in [-0.4, -0.2) is 26.7 Å². The summed E-state index contributed by atoms with van der Waals surface area (Å²) in [6.07, 6.45) is 3.12. The van der Waals surface area contributed by atoms with Crippen molar-refractivity contribution < 1.29 is 9.47 Å². The van der Waals surface area contributed by atoms with Crippen molar-refractivity contribution in [1.82, 2.24) is 19.6 Å². The molecule has 0 aliphatic carbocycles. The number of ether oxygens (including phenoxy) is 2. The lowest BCUT2D eigenvalue weighted by Gasteiger charge is -2.28. The zero-order chi connectivity index (χ0) is 17.7. The number of benzene rings is 2. The molecule has 2 aromatic heterocycles. The van der Waals surface area contributed by atoms with Crippen LogP contribution in [0.2, 0.25) is 5.02 Å². The Kier molecular flexibility index (Phi) is 3.33. The van der Waals surface area contributed by atoms with E-state index in [1.165, 1.54) is 6.33 Å². The molecule has 5 rings (SSSR count). The molecule has 1 aliphatic heterocycles. The van der Waals surface area contributed by atoms with E-state index in [0.29, 0.717) is 16.7 Å². The van der Waals surface area contributed by atoms with Crippen LogP contribution in [0.3, 0.4) is 0 Å². The molecule has 1 unspecified atom stereocenters. The largest absolute Gasteiger partial charge is 0.497 e. The second-order valence-corrected chi connectivity index (χ2v) is 6.42. The van der Waals surface area contributed by atoms with Gasteiger partial charge in [-0.2, -0.15) is 5.10 Å². The van der Waals surface area contributed by atoms with Gasteiger partial charge in [-0.15, -0.1) is 0 Å². The highest BCUT2D eigenvalue weighted by Gasteiger charge is 2.33. The van der Waals surface area contributed by atoms with Crippen molar-refractivity contribution in [2.24, 2.45) is 0 Å². The van der Waals surface area contributed by atoms with Crippen LogP contribution in [0.5, 0.6) is 17.4 Å². The second-order valence-electron chi connectivity index (χ2n) is 5.98. The maximum absolute atomic E-state index is 6.09. The van der Waals surface area contributed by atoms with Gasteiger partial charge in [0.05, 0.1) is 12.7 Å². The Morgan fingerprint density at radius 3 is 2.77 bits per heavy atom. The summed E-state index contributed by atoms with van der Waals surface area (Å²) in [5.74, 6) is 1.86. The third-order valence-corrected chi connectivity index (χ3v) is 4.81. The SMILES string of the molecule is COc1ccc2c(c1)Oc1ncn3ncnc3c1C2c1ccc(Cl)cc1. The Balaban J connectivity index is 1.81. The molecule has 6 nitrogen and oxygen atoms in total. The molecular weight excluding hydrogens is 352 g/mol. The lowest BCUT2D eigenvalue weighted by Crippen LogP contribution is -2.15. The van der Waals surface area contributed by atoms with Crippen LogP contribution in [0.15, 0.2) is 55.1 Å². The molecule has 0 spiro atoms. The van der Waals surface area contributed by atoms with E-state index in [2.05, 4.69) is 15.1 Å². The van der Waals surface area contributed by atoms with Crippen molar-refractivity contribution in [2.45, 2.75) is 5.92 Å². The number of hydrogen-bond acceptors (Lipinski definition) is 5. The summed E-state index contributed by atoms with van der Waals surface area (Å²) < 4.78 is 13.1. The number of hydrogen-bond donors (Lipinski definition) is 0. The Bertz CT molecular complexity index is 1120. The lowest BCUT2D eigenvalue weighted by atomic mass is 9.84. The average molecular weight is 365 g/mol. The van der Waals surface area contributed by atoms with Gasteiger partial charge in [0.2, 0.25) is 5.88 Å². The first-order chi connectivity index (χ1) is 12.7. The molecule has 4 aromatic rings. The highest BCUT2D eigenvalue weighted by molar-refractivity contribution is 6.30. The van der Waals surface area contributed by atoms with Crippen LogP contribution in [0.1, 0.15) is 22.6 Å². The number of aromatic nitrogens is 4. The van der Waals surface area contributed by atoms with Gasteiger partial charge >= 0.3 is 0 Å². The zero-order valence-corrected chi connectivity index (χ0v) is 14.5. The fourth-order valence-electron chi connectivity index (χ4n) is 3.36. The van der Waals surface area contributed by atoms with E-state index < -0.39 is 0 Å². The molecule has 0 radical (unpaired) electrons. The molecule has 128 valence electrons. The molecule has 26 heavy (non-hydrogen) atoms. The first kappa shape index (κ1) is 15.2. The van der Waals surface area contributed by atoms with Crippen LogP contribution >= 0.6 is 11.6 Å². The van der Waals surface area contributed by atoms with Gasteiger partial charge in [-0.05, 0) is 23.8 Å². The Hall–Kier alpha value is -3.12. The standard InChI is InChI=1S/C19H13ClN4O2/c1-25-13-6-7-14-15(8-13)26-19-17(18-21-9-23-24(18)10-22-19)16(14)11-2-4-12(20)5-3-11/h2-10,16H,1H3. The normalized spacial score (nSPS) is 15.2. The minimum atomic E-state index is -0.0997. The molecule has 1 atom stereocenters. The van der Waals surface area contributed by atoms with Gasteiger partial charge in [0.15, 0.2) is 5.65 Å². The molecule has 0 N–H and O–H groups in total. The van der Waals surface area contributed by atoms with Crippen molar-refractivity contribution >= 4 is 17.2 Å². The van der Waals surface area contributed by atoms with Gasteiger partial charge in [-0.1, -0.05) is 29.8 Å². The van der Waals surface area contributed by atoms with E-state index in [4.69, 9.17) is 21.1 Å². The van der Waals surface area contributed by atoms with Gasteiger partial charge in [-0.25, -0.2) is 14.5 Å². The highest BCUT2D eigenvalue weighted by atomic mass is 35.5. The zero-order valence-electron chi connectivity index (χ0n) is 13.8. The summed E-state index contributed by atoms with van der Waals surface area (Å²) in [7, 11) is 1.63. The molecule has 2 aromatic carbocycles. The first-order valence-corrected chi connectivity index (χ1v) is 8.42. The smallest absolute Gasteiger partial charge is 0.228 e. The van der Waals surface area contributed by atoms with Crippen LogP contribution in [-0.2, 0) is 0 Å². The molecule has 0 saturated carbocycles. The predicted octanol–water partition coefficient (Wildman–Crippen LogP) is 4.07. The number of rotatable bonds is 2. The fraction of sp³-hybridized carbons (Fsp3) is 0.105. The molecule has 3 heterocycles. The van der Waals surface area contributed by atoms with Crippen molar-refractivity contribution in [3.05, 3.63) is 76.8 Å². The van der Waals surface area contributed by atoms with Gasteiger partial charge in [0.25, 0.3) is 0 Å².